The van der Waals surface area contributed by atoms with Gasteiger partial charge in [-0.15, -0.1) is 0 Å². The standard InChI is InChI=1S/C20H22Cl2FN3O/c1-24(13-15-6-7-16(21)12-17(15)22)14-20(27)26-10-8-25(9-11-26)19-5-3-2-4-18(19)23/h2-7,12H,8-11,13-14H2,1H3. The maximum Gasteiger partial charge on any atom is 0.236 e. The highest BCUT2D eigenvalue weighted by Crippen LogP contribution is 2.22. The van der Waals surface area contributed by atoms with E-state index in [-0.39, 0.29) is 11.7 Å². The van der Waals surface area contributed by atoms with Gasteiger partial charge >= 0.3 is 0 Å². The summed E-state index contributed by atoms with van der Waals surface area (Å²) >= 11 is 12.1. The molecule has 1 aliphatic rings. The Hall–Kier alpha value is -1.82. The molecule has 0 atom stereocenters. The maximum atomic E-state index is 13.9. The number of carbonyl (C=O) groups excluding carboxylic acids is 1. The summed E-state index contributed by atoms with van der Waals surface area (Å²) in [5, 5.41) is 1.19. The summed E-state index contributed by atoms with van der Waals surface area (Å²) in [5.74, 6) is -0.160. The van der Waals surface area contributed by atoms with Crippen LogP contribution in [0.15, 0.2) is 42.5 Å². The Bertz CT molecular complexity index is 810. The van der Waals surface area contributed by atoms with Gasteiger partial charge in [0.1, 0.15) is 5.82 Å². The van der Waals surface area contributed by atoms with Crippen molar-refractivity contribution in [3.8, 4) is 0 Å². The van der Waals surface area contributed by atoms with E-state index in [2.05, 4.69) is 0 Å². The number of hydrogen-bond donors (Lipinski definition) is 0. The number of anilines is 1. The minimum Gasteiger partial charge on any atom is -0.366 e. The second kappa shape index (κ2) is 8.91. The molecule has 0 radical (unpaired) electrons. The van der Waals surface area contributed by atoms with Crippen molar-refractivity contribution in [2.75, 3.05) is 44.7 Å². The molecule has 1 saturated heterocycles. The molecule has 0 aromatic heterocycles. The zero-order valence-corrected chi connectivity index (χ0v) is 16.7. The van der Waals surface area contributed by atoms with Crippen LogP contribution in [0, 0.1) is 5.82 Å². The van der Waals surface area contributed by atoms with Crippen molar-refractivity contribution in [2.45, 2.75) is 6.54 Å². The average Bonchev–Trinajstić information content (AvgIpc) is 2.64. The first-order valence-electron chi connectivity index (χ1n) is 8.84. The van der Waals surface area contributed by atoms with E-state index in [1.807, 2.05) is 33.9 Å². The van der Waals surface area contributed by atoms with Crippen molar-refractivity contribution in [1.82, 2.24) is 9.80 Å². The van der Waals surface area contributed by atoms with Crippen LogP contribution in [0.3, 0.4) is 0 Å². The molecule has 0 N–H and O–H groups in total. The Morgan fingerprint density at radius 2 is 1.81 bits per heavy atom. The molecule has 0 spiro atoms. The van der Waals surface area contributed by atoms with Crippen LogP contribution in [0.4, 0.5) is 10.1 Å². The van der Waals surface area contributed by atoms with Crippen LogP contribution in [0.25, 0.3) is 0 Å². The fourth-order valence-electron chi connectivity index (χ4n) is 3.23. The van der Waals surface area contributed by atoms with Crippen LogP contribution in [0.5, 0.6) is 0 Å². The lowest BCUT2D eigenvalue weighted by molar-refractivity contribution is -0.132. The van der Waals surface area contributed by atoms with Gasteiger partial charge in [-0.1, -0.05) is 41.4 Å². The number of nitrogens with zero attached hydrogens (tertiary/aromatic N) is 3. The number of likely N-dealkylation sites (N-methyl/N-ethyl adjacent to an activating group) is 1. The van der Waals surface area contributed by atoms with E-state index in [1.165, 1.54) is 6.07 Å². The third kappa shape index (κ3) is 5.12. The number of amides is 1. The molecule has 0 aliphatic carbocycles. The third-order valence-electron chi connectivity index (χ3n) is 4.69. The van der Waals surface area contributed by atoms with Crippen LogP contribution in [-0.4, -0.2) is 55.5 Å². The molecule has 2 aromatic rings. The lowest BCUT2D eigenvalue weighted by Crippen LogP contribution is -2.51. The van der Waals surface area contributed by atoms with E-state index in [1.54, 1.807) is 24.3 Å². The van der Waals surface area contributed by atoms with Gasteiger partial charge in [0.05, 0.1) is 12.2 Å². The predicted octanol–water partition coefficient (Wildman–Crippen LogP) is 3.91. The molecular weight excluding hydrogens is 388 g/mol. The number of benzene rings is 2. The first kappa shape index (κ1) is 19.9. The predicted molar refractivity (Wildman–Crippen MR) is 108 cm³/mol. The Morgan fingerprint density at radius 1 is 1.11 bits per heavy atom. The summed E-state index contributed by atoms with van der Waals surface area (Å²) < 4.78 is 13.9. The highest BCUT2D eigenvalue weighted by molar-refractivity contribution is 6.35. The van der Waals surface area contributed by atoms with E-state index >= 15 is 0 Å². The molecule has 27 heavy (non-hydrogen) atoms. The molecule has 0 unspecified atom stereocenters. The normalized spacial score (nSPS) is 14.7. The molecule has 7 heteroatoms. The molecule has 1 amide bonds. The van der Waals surface area contributed by atoms with Gasteiger partial charge < -0.3 is 9.80 Å². The van der Waals surface area contributed by atoms with Crippen molar-refractivity contribution in [3.63, 3.8) is 0 Å². The quantitative estimate of drug-likeness (QED) is 0.748. The summed E-state index contributed by atoms with van der Waals surface area (Å²) in [6.07, 6.45) is 0. The molecule has 0 saturated carbocycles. The minimum atomic E-state index is -0.225. The van der Waals surface area contributed by atoms with Gasteiger partial charge in [-0.2, -0.15) is 0 Å². The molecule has 1 aliphatic heterocycles. The first-order chi connectivity index (χ1) is 12.9. The molecule has 1 heterocycles. The maximum absolute atomic E-state index is 13.9. The second-order valence-electron chi connectivity index (χ2n) is 6.73. The summed E-state index contributed by atoms with van der Waals surface area (Å²) in [6, 6.07) is 12.1. The Morgan fingerprint density at radius 3 is 2.48 bits per heavy atom. The van der Waals surface area contributed by atoms with E-state index in [4.69, 9.17) is 23.2 Å². The Kier molecular flexibility index (Phi) is 6.58. The van der Waals surface area contributed by atoms with E-state index < -0.39 is 0 Å². The van der Waals surface area contributed by atoms with Crippen LogP contribution in [0.1, 0.15) is 5.56 Å². The van der Waals surface area contributed by atoms with Crippen molar-refractivity contribution >= 4 is 34.8 Å². The molecule has 1 fully saturated rings. The van der Waals surface area contributed by atoms with Crippen molar-refractivity contribution in [2.24, 2.45) is 0 Å². The van der Waals surface area contributed by atoms with Crippen LogP contribution in [0.2, 0.25) is 10.0 Å². The smallest absolute Gasteiger partial charge is 0.236 e. The van der Waals surface area contributed by atoms with Crippen molar-refractivity contribution in [1.29, 1.82) is 0 Å². The molecule has 0 bridgehead atoms. The van der Waals surface area contributed by atoms with E-state index in [0.717, 1.165) is 5.56 Å². The second-order valence-corrected chi connectivity index (χ2v) is 7.57. The fraction of sp³-hybridized carbons (Fsp3) is 0.350. The van der Waals surface area contributed by atoms with Crippen LogP contribution >= 0.6 is 23.2 Å². The summed E-state index contributed by atoms with van der Waals surface area (Å²) in [7, 11) is 1.89. The third-order valence-corrected chi connectivity index (χ3v) is 5.27. The largest absolute Gasteiger partial charge is 0.366 e. The number of rotatable bonds is 5. The van der Waals surface area contributed by atoms with Gasteiger partial charge in [-0.05, 0) is 36.9 Å². The molecular formula is C20H22Cl2FN3O. The topological polar surface area (TPSA) is 26.8 Å². The first-order valence-corrected chi connectivity index (χ1v) is 9.59. The summed E-state index contributed by atoms with van der Waals surface area (Å²) in [4.78, 5) is 18.3. The van der Waals surface area contributed by atoms with Crippen LogP contribution in [-0.2, 0) is 11.3 Å². The number of hydrogen-bond acceptors (Lipinski definition) is 3. The van der Waals surface area contributed by atoms with Gasteiger partial charge in [0.2, 0.25) is 5.91 Å². The van der Waals surface area contributed by atoms with Gasteiger partial charge in [-0.25, -0.2) is 4.39 Å². The van der Waals surface area contributed by atoms with Gasteiger partial charge in [0.15, 0.2) is 0 Å². The summed E-state index contributed by atoms with van der Waals surface area (Å²) in [5.41, 5.74) is 1.53. The number of para-hydroxylation sites is 1. The Labute approximate surface area is 169 Å². The van der Waals surface area contributed by atoms with Gasteiger partial charge in [0.25, 0.3) is 0 Å². The lowest BCUT2D eigenvalue weighted by atomic mass is 10.2. The van der Waals surface area contributed by atoms with Crippen LogP contribution < -0.4 is 4.90 Å². The zero-order chi connectivity index (χ0) is 19.4. The Balaban J connectivity index is 1.51. The highest BCUT2D eigenvalue weighted by atomic mass is 35.5. The minimum absolute atomic E-state index is 0.0655. The van der Waals surface area contributed by atoms with Gasteiger partial charge in [-0.3, -0.25) is 9.69 Å². The lowest BCUT2D eigenvalue weighted by Gasteiger charge is -2.36. The SMILES string of the molecule is CN(CC(=O)N1CCN(c2ccccc2F)CC1)Cc1ccc(Cl)cc1Cl. The fourth-order valence-corrected chi connectivity index (χ4v) is 3.70. The van der Waals surface area contributed by atoms with Crippen molar-refractivity contribution in [3.05, 3.63) is 63.9 Å². The monoisotopic (exact) mass is 409 g/mol. The molecule has 144 valence electrons. The number of carbonyl (C=O) groups is 1. The van der Waals surface area contributed by atoms with E-state index in [9.17, 15) is 9.18 Å². The zero-order valence-electron chi connectivity index (χ0n) is 15.2. The van der Waals surface area contributed by atoms with Crippen molar-refractivity contribution < 1.29 is 9.18 Å². The molecule has 2 aromatic carbocycles. The number of halogens is 3. The molecule has 3 rings (SSSR count). The average molecular weight is 410 g/mol. The van der Waals surface area contributed by atoms with Gasteiger partial charge in [0, 0.05) is 42.8 Å². The summed E-state index contributed by atoms with van der Waals surface area (Å²) in [6.45, 7) is 3.29. The highest BCUT2D eigenvalue weighted by Gasteiger charge is 2.23. The number of piperazine rings is 1. The van der Waals surface area contributed by atoms with E-state index in [0.29, 0.717) is 55.0 Å². The molecule has 4 nitrogen and oxygen atoms in total.